The molecule has 1 aromatic carbocycles. The van der Waals surface area contributed by atoms with Gasteiger partial charge in [0, 0.05) is 43.8 Å². The number of benzene rings is 1. The van der Waals surface area contributed by atoms with Gasteiger partial charge in [-0.2, -0.15) is 0 Å². The number of nitrogens with zero attached hydrogens (tertiary/aromatic N) is 3. The molecule has 0 saturated carbocycles. The fourth-order valence-corrected chi connectivity index (χ4v) is 4.28. The van der Waals surface area contributed by atoms with Gasteiger partial charge in [-0.05, 0) is 43.9 Å². The maximum Gasteiger partial charge on any atom is 0.255 e. The Balaban J connectivity index is 1.44. The molecule has 142 valence electrons. The van der Waals surface area contributed by atoms with Crippen molar-refractivity contribution in [3.8, 4) is 0 Å². The summed E-state index contributed by atoms with van der Waals surface area (Å²) in [7, 11) is 0. The van der Waals surface area contributed by atoms with Gasteiger partial charge in [0.2, 0.25) is 0 Å². The Morgan fingerprint density at radius 3 is 2.52 bits per heavy atom. The highest BCUT2D eigenvalue weighted by atomic mass is 16.2. The van der Waals surface area contributed by atoms with Crippen LogP contribution in [0.25, 0.3) is 0 Å². The number of carbonyl (C=O) groups excluding carboxylic acids is 1. The van der Waals surface area contributed by atoms with E-state index in [4.69, 9.17) is 5.73 Å². The van der Waals surface area contributed by atoms with Crippen LogP contribution in [-0.2, 0) is 0 Å². The molecule has 5 nitrogen and oxygen atoms in total. The zero-order valence-electron chi connectivity index (χ0n) is 15.9. The first-order valence-corrected chi connectivity index (χ1v) is 9.94. The molecule has 2 aromatic rings. The molecule has 2 aliphatic rings. The van der Waals surface area contributed by atoms with Gasteiger partial charge in [-0.25, -0.2) is 4.98 Å². The van der Waals surface area contributed by atoms with Crippen LogP contribution in [0, 0.1) is 0 Å². The quantitative estimate of drug-likeness (QED) is 0.909. The van der Waals surface area contributed by atoms with Gasteiger partial charge in [-0.15, -0.1) is 0 Å². The fourth-order valence-electron chi connectivity index (χ4n) is 4.28. The molecule has 2 atom stereocenters. The van der Waals surface area contributed by atoms with Crippen molar-refractivity contribution in [2.45, 2.75) is 44.2 Å². The van der Waals surface area contributed by atoms with Gasteiger partial charge in [0.05, 0.1) is 5.56 Å². The minimum atomic E-state index is 0.0672. The second kappa shape index (κ2) is 7.69. The van der Waals surface area contributed by atoms with Crippen molar-refractivity contribution in [3.05, 3.63) is 59.8 Å². The molecule has 1 amide bonds. The van der Waals surface area contributed by atoms with E-state index in [1.807, 2.05) is 17.0 Å². The van der Waals surface area contributed by atoms with Gasteiger partial charge < -0.3 is 15.5 Å². The number of hydrogen-bond acceptors (Lipinski definition) is 4. The molecule has 0 bridgehead atoms. The minimum Gasteiger partial charge on any atom is -0.353 e. The summed E-state index contributed by atoms with van der Waals surface area (Å²) in [6.45, 7) is 4.70. The standard InChI is InChI=1S/C22H28N4O/c1-16-13-19(17-5-3-2-4-6-17)15-26(16)21-8-7-18(14-24-21)22(27)25-11-9-20(23)10-12-25/h2-8,14,16,19-20H,9-13,15,23H2,1H3. The summed E-state index contributed by atoms with van der Waals surface area (Å²) in [5.41, 5.74) is 7.99. The molecule has 2 N–H and O–H groups in total. The Kier molecular flexibility index (Phi) is 5.12. The molecule has 0 aliphatic carbocycles. The van der Waals surface area contributed by atoms with E-state index in [9.17, 15) is 4.79 Å². The summed E-state index contributed by atoms with van der Waals surface area (Å²) in [6, 6.07) is 15.3. The van der Waals surface area contributed by atoms with Gasteiger partial charge >= 0.3 is 0 Å². The Labute approximate surface area is 161 Å². The summed E-state index contributed by atoms with van der Waals surface area (Å²) in [4.78, 5) is 21.5. The van der Waals surface area contributed by atoms with Gasteiger partial charge in [-0.3, -0.25) is 4.79 Å². The molecule has 0 radical (unpaired) electrons. The second-order valence-electron chi connectivity index (χ2n) is 7.88. The van der Waals surface area contributed by atoms with Crippen molar-refractivity contribution in [1.82, 2.24) is 9.88 Å². The van der Waals surface area contributed by atoms with Gasteiger partial charge in [0.1, 0.15) is 5.82 Å². The third-order valence-electron chi connectivity index (χ3n) is 5.96. The van der Waals surface area contributed by atoms with Crippen LogP contribution >= 0.6 is 0 Å². The van der Waals surface area contributed by atoms with Crippen LogP contribution in [0.2, 0.25) is 0 Å². The van der Waals surface area contributed by atoms with E-state index in [1.54, 1.807) is 6.20 Å². The first kappa shape index (κ1) is 18.0. The van der Waals surface area contributed by atoms with Crippen LogP contribution in [0.4, 0.5) is 5.82 Å². The fraction of sp³-hybridized carbons (Fsp3) is 0.455. The van der Waals surface area contributed by atoms with E-state index in [2.05, 4.69) is 47.1 Å². The zero-order valence-corrected chi connectivity index (χ0v) is 15.9. The van der Waals surface area contributed by atoms with Gasteiger partial charge in [0.25, 0.3) is 5.91 Å². The minimum absolute atomic E-state index is 0.0672. The van der Waals surface area contributed by atoms with E-state index in [1.165, 1.54) is 5.56 Å². The molecular weight excluding hydrogens is 336 g/mol. The van der Waals surface area contributed by atoms with Crippen molar-refractivity contribution in [1.29, 1.82) is 0 Å². The molecule has 3 heterocycles. The Morgan fingerprint density at radius 2 is 1.85 bits per heavy atom. The Bertz CT molecular complexity index is 769. The Morgan fingerprint density at radius 1 is 1.11 bits per heavy atom. The average Bonchev–Trinajstić information content (AvgIpc) is 3.10. The molecule has 27 heavy (non-hydrogen) atoms. The molecule has 2 aliphatic heterocycles. The zero-order chi connectivity index (χ0) is 18.8. The second-order valence-corrected chi connectivity index (χ2v) is 7.88. The lowest BCUT2D eigenvalue weighted by molar-refractivity contribution is 0.0714. The number of piperidine rings is 1. The van der Waals surface area contributed by atoms with E-state index < -0.39 is 0 Å². The molecule has 2 fully saturated rings. The number of hydrogen-bond donors (Lipinski definition) is 1. The highest BCUT2D eigenvalue weighted by Gasteiger charge is 2.31. The molecule has 1 aromatic heterocycles. The highest BCUT2D eigenvalue weighted by molar-refractivity contribution is 5.94. The number of carbonyl (C=O) groups is 1. The number of rotatable bonds is 3. The van der Waals surface area contributed by atoms with E-state index in [-0.39, 0.29) is 11.9 Å². The summed E-state index contributed by atoms with van der Waals surface area (Å²) in [5.74, 6) is 1.55. The maximum absolute atomic E-state index is 12.7. The SMILES string of the molecule is CC1CC(c2ccccc2)CN1c1ccc(C(=O)N2CCC(N)CC2)cn1. The lowest BCUT2D eigenvalue weighted by atomic mass is 9.97. The number of pyridine rings is 1. The highest BCUT2D eigenvalue weighted by Crippen LogP contribution is 2.34. The lowest BCUT2D eigenvalue weighted by Crippen LogP contribution is -2.42. The van der Waals surface area contributed by atoms with E-state index in [0.29, 0.717) is 17.5 Å². The number of likely N-dealkylation sites (tertiary alicyclic amines) is 1. The molecule has 5 heteroatoms. The maximum atomic E-state index is 12.7. The van der Waals surface area contributed by atoms with Gasteiger partial charge in [-0.1, -0.05) is 30.3 Å². The molecular formula is C22H28N4O. The van der Waals surface area contributed by atoms with Gasteiger partial charge in [0.15, 0.2) is 0 Å². The predicted octanol–water partition coefficient (Wildman–Crippen LogP) is 3.03. The smallest absolute Gasteiger partial charge is 0.255 e. The third-order valence-corrected chi connectivity index (χ3v) is 5.96. The number of anilines is 1. The van der Waals surface area contributed by atoms with Crippen molar-refractivity contribution in [2.75, 3.05) is 24.5 Å². The Hall–Kier alpha value is -2.40. The number of aromatic nitrogens is 1. The summed E-state index contributed by atoms with van der Waals surface area (Å²) in [6.07, 6.45) is 4.61. The molecule has 0 spiro atoms. The summed E-state index contributed by atoms with van der Waals surface area (Å²) >= 11 is 0. The third kappa shape index (κ3) is 3.83. The first-order chi connectivity index (χ1) is 13.1. The number of amides is 1. The topological polar surface area (TPSA) is 62.5 Å². The molecule has 2 unspecified atom stereocenters. The average molecular weight is 364 g/mol. The summed E-state index contributed by atoms with van der Waals surface area (Å²) < 4.78 is 0. The number of nitrogens with two attached hydrogens (primary N) is 1. The van der Waals surface area contributed by atoms with E-state index >= 15 is 0 Å². The van der Waals surface area contributed by atoms with Crippen LogP contribution in [0.15, 0.2) is 48.7 Å². The van der Waals surface area contributed by atoms with Crippen molar-refractivity contribution in [3.63, 3.8) is 0 Å². The van der Waals surface area contributed by atoms with Crippen molar-refractivity contribution >= 4 is 11.7 Å². The van der Waals surface area contributed by atoms with Crippen LogP contribution < -0.4 is 10.6 Å². The van der Waals surface area contributed by atoms with Crippen LogP contribution in [0.5, 0.6) is 0 Å². The van der Waals surface area contributed by atoms with Crippen LogP contribution in [-0.4, -0.2) is 47.5 Å². The van der Waals surface area contributed by atoms with E-state index in [0.717, 1.165) is 44.7 Å². The van der Waals surface area contributed by atoms with Crippen molar-refractivity contribution in [2.24, 2.45) is 5.73 Å². The normalized spacial score (nSPS) is 23.6. The first-order valence-electron chi connectivity index (χ1n) is 9.94. The largest absolute Gasteiger partial charge is 0.353 e. The molecule has 2 saturated heterocycles. The molecule has 4 rings (SSSR count). The summed E-state index contributed by atoms with van der Waals surface area (Å²) in [5, 5.41) is 0. The predicted molar refractivity (Wildman–Crippen MR) is 108 cm³/mol. The lowest BCUT2D eigenvalue weighted by Gasteiger charge is -2.30. The van der Waals surface area contributed by atoms with Crippen LogP contribution in [0.1, 0.15) is 48.0 Å². The van der Waals surface area contributed by atoms with Crippen LogP contribution in [0.3, 0.4) is 0 Å². The van der Waals surface area contributed by atoms with Crippen molar-refractivity contribution < 1.29 is 4.79 Å². The monoisotopic (exact) mass is 364 g/mol.